The first-order chi connectivity index (χ1) is 9.63. The Hall–Kier alpha value is -3.01. The van der Waals surface area contributed by atoms with Crippen LogP contribution in [-0.2, 0) is 4.84 Å². The van der Waals surface area contributed by atoms with E-state index in [2.05, 4.69) is 21.3 Å². The molecular formula is C13H12N4O3. The first kappa shape index (κ1) is 13.4. The second-order valence-corrected chi connectivity index (χ2v) is 3.90. The minimum absolute atomic E-state index is 0.101. The molecule has 0 spiro atoms. The Morgan fingerprint density at radius 3 is 2.45 bits per heavy atom. The Labute approximate surface area is 113 Å². The molecule has 20 heavy (non-hydrogen) atoms. The molecule has 1 heterocycles. The zero-order valence-corrected chi connectivity index (χ0v) is 10.7. The van der Waals surface area contributed by atoms with Crippen molar-refractivity contribution in [2.24, 2.45) is 5.16 Å². The van der Waals surface area contributed by atoms with Gasteiger partial charge in [0.05, 0.1) is 11.4 Å². The molecule has 0 saturated carbocycles. The predicted molar refractivity (Wildman–Crippen MR) is 74.0 cm³/mol. The Bertz CT molecular complexity index is 744. The summed E-state index contributed by atoms with van der Waals surface area (Å²) in [5.41, 5.74) is 0.850. The molecule has 7 heteroatoms. The van der Waals surface area contributed by atoms with Gasteiger partial charge >= 0.3 is 11.4 Å². The number of benzene rings is 1. The van der Waals surface area contributed by atoms with Crippen molar-refractivity contribution in [2.75, 3.05) is 6.61 Å². The lowest BCUT2D eigenvalue weighted by atomic mass is 10.1. The molecule has 0 amide bonds. The van der Waals surface area contributed by atoms with Gasteiger partial charge < -0.3 is 4.84 Å². The maximum atomic E-state index is 11.4. The van der Waals surface area contributed by atoms with E-state index in [1.54, 1.807) is 31.2 Å². The molecule has 0 fully saturated rings. The van der Waals surface area contributed by atoms with Crippen LogP contribution >= 0.6 is 0 Å². The number of hydrogen-bond donors (Lipinski definition) is 2. The van der Waals surface area contributed by atoms with E-state index < -0.39 is 11.4 Å². The molecule has 2 N–H and O–H groups in total. The van der Waals surface area contributed by atoms with Crippen LogP contribution in [0.2, 0.25) is 0 Å². The second kappa shape index (κ2) is 5.75. The number of rotatable bonds is 4. The van der Waals surface area contributed by atoms with Crippen molar-refractivity contribution in [3.63, 3.8) is 0 Å². The summed E-state index contributed by atoms with van der Waals surface area (Å²) in [6.45, 7) is 1.87. The molecule has 1 aromatic carbocycles. The van der Waals surface area contributed by atoms with Crippen LogP contribution < -0.4 is 11.4 Å². The van der Waals surface area contributed by atoms with Crippen LogP contribution in [0, 0.1) is 12.3 Å². The van der Waals surface area contributed by atoms with E-state index in [0.29, 0.717) is 11.4 Å². The van der Waals surface area contributed by atoms with Gasteiger partial charge in [-0.15, -0.1) is 6.42 Å². The first-order valence-corrected chi connectivity index (χ1v) is 5.74. The normalized spacial score (nSPS) is 11.1. The predicted octanol–water partition coefficient (Wildman–Crippen LogP) is 0.228. The van der Waals surface area contributed by atoms with Gasteiger partial charge in [-0.05, 0) is 24.6 Å². The van der Waals surface area contributed by atoms with Crippen LogP contribution in [0.1, 0.15) is 12.5 Å². The largest absolute Gasteiger partial charge is 0.382 e. The quantitative estimate of drug-likeness (QED) is 0.361. The van der Waals surface area contributed by atoms with Gasteiger partial charge in [-0.1, -0.05) is 23.2 Å². The van der Waals surface area contributed by atoms with Gasteiger partial charge in [-0.3, -0.25) is 0 Å². The van der Waals surface area contributed by atoms with Gasteiger partial charge in [0.15, 0.2) is 6.61 Å². The average Bonchev–Trinajstić information content (AvgIpc) is 2.78. The Morgan fingerprint density at radius 2 is 1.90 bits per heavy atom. The minimum atomic E-state index is -0.523. The van der Waals surface area contributed by atoms with E-state index in [9.17, 15) is 9.59 Å². The molecule has 102 valence electrons. The minimum Gasteiger partial charge on any atom is -0.382 e. The van der Waals surface area contributed by atoms with Crippen molar-refractivity contribution in [3.8, 4) is 18.0 Å². The summed E-state index contributed by atoms with van der Waals surface area (Å²) < 4.78 is 0.991. The number of hydrogen-bond acceptors (Lipinski definition) is 4. The fraction of sp³-hybridized carbons (Fsp3) is 0.154. The standard InChI is InChI=1S/C13H12N4O3/c1-3-8-20-16-9(2)10-4-6-11(7-5-10)17-12(18)14-15-13(17)19/h1,4-7H,8H2,2H3,(H,14,18)(H,15,19). The number of nitrogens with one attached hydrogen (secondary N) is 2. The lowest BCUT2D eigenvalue weighted by Crippen LogP contribution is -2.24. The number of aromatic nitrogens is 3. The van der Waals surface area contributed by atoms with Crippen molar-refractivity contribution in [2.45, 2.75) is 6.92 Å². The van der Waals surface area contributed by atoms with Crippen LogP contribution in [0.15, 0.2) is 39.0 Å². The molecule has 0 unspecified atom stereocenters. The van der Waals surface area contributed by atoms with Crippen LogP contribution in [0.25, 0.3) is 5.69 Å². The van der Waals surface area contributed by atoms with E-state index in [1.807, 2.05) is 0 Å². The number of H-pyrrole nitrogens is 2. The number of terminal acetylenes is 1. The van der Waals surface area contributed by atoms with Crippen molar-refractivity contribution >= 4 is 5.71 Å². The molecule has 0 aliphatic carbocycles. The molecule has 0 atom stereocenters. The molecule has 0 saturated heterocycles. The van der Waals surface area contributed by atoms with E-state index >= 15 is 0 Å². The van der Waals surface area contributed by atoms with Gasteiger partial charge in [0.1, 0.15) is 0 Å². The highest BCUT2D eigenvalue weighted by molar-refractivity contribution is 5.98. The van der Waals surface area contributed by atoms with Gasteiger partial charge in [0.2, 0.25) is 0 Å². The molecule has 0 aliphatic rings. The van der Waals surface area contributed by atoms with Crippen molar-refractivity contribution < 1.29 is 4.84 Å². The van der Waals surface area contributed by atoms with Crippen LogP contribution in [0.3, 0.4) is 0 Å². The summed E-state index contributed by atoms with van der Waals surface area (Å²) in [4.78, 5) is 27.8. The summed E-state index contributed by atoms with van der Waals surface area (Å²) in [6.07, 6.45) is 5.04. The van der Waals surface area contributed by atoms with Crippen molar-refractivity contribution in [1.29, 1.82) is 0 Å². The fourth-order valence-corrected chi connectivity index (χ4v) is 1.62. The molecule has 2 rings (SSSR count). The first-order valence-electron chi connectivity index (χ1n) is 5.74. The fourth-order valence-electron chi connectivity index (χ4n) is 1.62. The molecule has 7 nitrogen and oxygen atoms in total. The van der Waals surface area contributed by atoms with Gasteiger partial charge in [-0.2, -0.15) is 0 Å². The third-order valence-corrected chi connectivity index (χ3v) is 2.58. The third-order valence-electron chi connectivity index (χ3n) is 2.58. The van der Waals surface area contributed by atoms with Crippen LogP contribution in [-0.4, -0.2) is 27.1 Å². The highest BCUT2D eigenvalue weighted by Crippen LogP contribution is 2.07. The molecule has 1 aromatic heterocycles. The number of oxime groups is 1. The van der Waals surface area contributed by atoms with Crippen molar-refractivity contribution in [3.05, 3.63) is 50.8 Å². The van der Waals surface area contributed by atoms with E-state index in [4.69, 9.17) is 11.3 Å². The zero-order valence-electron chi connectivity index (χ0n) is 10.7. The summed E-state index contributed by atoms with van der Waals surface area (Å²) in [5.74, 6) is 2.31. The van der Waals surface area contributed by atoms with Gasteiger partial charge in [0.25, 0.3) is 0 Å². The molecule has 0 radical (unpaired) electrons. The number of aromatic amines is 2. The smallest absolute Gasteiger partial charge is 0.348 e. The molecule has 0 bridgehead atoms. The number of nitrogens with zero attached hydrogens (tertiary/aromatic N) is 2. The summed E-state index contributed by atoms with van der Waals surface area (Å²) in [5, 5.41) is 8.27. The highest BCUT2D eigenvalue weighted by atomic mass is 16.6. The van der Waals surface area contributed by atoms with E-state index in [0.717, 1.165) is 10.1 Å². The van der Waals surface area contributed by atoms with Crippen LogP contribution in [0.4, 0.5) is 0 Å². The topological polar surface area (TPSA) is 92.2 Å². The van der Waals surface area contributed by atoms with E-state index in [1.165, 1.54) is 0 Å². The SMILES string of the molecule is C#CCON=C(C)c1ccc(-n2c(=O)[nH][nH]c2=O)cc1. The van der Waals surface area contributed by atoms with Gasteiger partial charge in [-0.25, -0.2) is 24.4 Å². The monoisotopic (exact) mass is 272 g/mol. The molecular weight excluding hydrogens is 260 g/mol. The maximum absolute atomic E-state index is 11.4. The average molecular weight is 272 g/mol. The maximum Gasteiger partial charge on any atom is 0.348 e. The zero-order chi connectivity index (χ0) is 14.5. The summed E-state index contributed by atoms with van der Waals surface area (Å²) in [7, 11) is 0. The third kappa shape index (κ3) is 2.70. The lowest BCUT2D eigenvalue weighted by Gasteiger charge is -2.03. The van der Waals surface area contributed by atoms with Crippen LogP contribution in [0.5, 0.6) is 0 Å². The molecule has 2 aromatic rings. The van der Waals surface area contributed by atoms with Crippen molar-refractivity contribution in [1.82, 2.24) is 14.8 Å². The lowest BCUT2D eigenvalue weighted by molar-refractivity contribution is 0.180. The second-order valence-electron chi connectivity index (χ2n) is 3.90. The Kier molecular flexibility index (Phi) is 3.86. The Balaban J connectivity index is 2.28. The molecule has 0 aliphatic heterocycles. The van der Waals surface area contributed by atoms with Gasteiger partial charge in [0, 0.05) is 0 Å². The summed E-state index contributed by atoms with van der Waals surface area (Å²) in [6, 6.07) is 6.73. The summed E-state index contributed by atoms with van der Waals surface area (Å²) >= 11 is 0. The van der Waals surface area contributed by atoms with E-state index in [-0.39, 0.29) is 6.61 Å². The Morgan fingerprint density at radius 1 is 1.30 bits per heavy atom. The highest BCUT2D eigenvalue weighted by Gasteiger charge is 2.06.